The molecule has 0 spiro atoms. The van der Waals surface area contributed by atoms with Crippen molar-refractivity contribution in [2.24, 2.45) is 0 Å². The molecule has 40 heavy (non-hydrogen) atoms. The van der Waals surface area contributed by atoms with Crippen LogP contribution in [-0.4, -0.2) is 57.4 Å². The van der Waals surface area contributed by atoms with E-state index in [4.69, 9.17) is 9.47 Å². The van der Waals surface area contributed by atoms with Gasteiger partial charge in [0.25, 0.3) is 11.8 Å². The quantitative estimate of drug-likeness (QED) is 0.466. The molecule has 2 amide bonds. The molecule has 1 N–H and O–H groups in total. The van der Waals surface area contributed by atoms with E-state index < -0.39 is 22.0 Å². The van der Waals surface area contributed by atoms with E-state index in [0.717, 1.165) is 31.2 Å². The molecule has 1 unspecified atom stereocenters. The SMILES string of the molecule is COc1ccc(C(=O)N2CC(C(=O)NCc3ccccc3)Oc3ccccc32)cc1S(=O)(=O)N1CCCCCC1. The zero-order chi connectivity index (χ0) is 28.1. The average molecular weight is 564 g/mol. The summed E-state index contributed by atoms with van der Waals surface area (Å²) in [6, 6.07) is 20.9. The number of carbonyl (C=O) groups excluding carboxylic acids is 2. The van der Waals surface area contributed by atoms with Crippen molar-refractivity contribution in [3.05, 3.63) is 83.9 Å². The minimum Gasteiger partial charge on any atom is -0.495 e. The number of para-hydroxylation sites is 2. The number of nitrogens with one attached hydrogen (secondary N) is 1. The summed E-state index contributed by atoms with van der Waals surface area (Å²) in [6.45, 7) is 1.16. The zero-order valence-electron chi connectivity index (χ0n) is 22.4. The lowest BCUT2D eigenvalue weighted by Crippen LogP contribution is -2.50. The van der Waals surface area contributed by atoms with Gasteiger partial charge in [0, 0.05) is 25.2 Å². The van der Waals surface area contributed by atoms with Crippen LogP contribution in [0, 0.1) is 0 Å². The summed E-state index contributed by atoms with van der Waals surface area (Å²) in [6.07, 6.45) is 2.61. The Hall–Kier alpha value is -3.89. The maximum absolute atomic E-state index is 13.9. The zero-order valence-corrected chi connectivity index (χ0v) is 23.2. The molecular weight excluding hydrogens is 530 g/mol. The highest BCUT2D eigenvalue weighted by atomic mass is 32.2. The average Bonchev–Trinajstić information content (AvgIpc) is 3.29. The predicted molar refractivity (Wildman–Crippen MR) is 151 cm³/mol. The number of sulfonamides is 1. The second-order valence-electron chi connectivity index (χ2n) is 9.88. The van der Waals surface area contributed by atoms with Crippen molar-refractivity contribution in [2.75, 3.05) is 31.6 Å². The lowest BCUT2D eigenvalue weighted by molar-refractivity contribution is -0.128. The normalized spacial score (nSPS) is 17.7. The molecule has 3 aromatic rings. The molecule has 2 aliphatic heterocycles. The standard InChI is InChI=1S/C30H33N3O6S/c1-38-26-16-15-23(19-28(26)40(36,37)32-17-9-2-3-10-18-32)30(35)33-21-27(39-25-14-8-7-13-24(25)33)29(34)31-20-22-11-5-4-6-12-22/h4-8,11-16,19,27H,2-3,9-10,17-18,20-21H2,1H3,(H,31,34). The molecule has 1 saturated heterocycles. The van der Waals surface area contributed by atoms with Crippen LogP contribution >= 0.6 is 0 Å². The molecule has 5 rings (SSSR count). The first-order chi connectivity index (χ1) is 19.4. The molecular formula is C30H33N3O6S. The van der Waals surface area contributed by atoms with Crippen LogP contribution in [0.2, 0.25) is 0 Å². The van der Waals surface area contributed by atoms with E-state index >= 15 is 0 Å². The summed E-state index contributed by atoms with van der Waals surface area (Å²) in [5, 5.41) is 2.88. The fourth-order valence-electron chi connectivity index (χ4n) is 5.05. The lowest BCUT2D eigenvalue weighted by atomic mass is 10.1. The van der Waals surface area contributed by atoms with Gasteiger partial charge in [-0.2, -0.15) is 4.31 Å². The van der Waals surface area contributed by atoms with Gasteiger partial charge >= 0.3 is 0 Å². The third-order valence-electron chi connectivity index (χ3n) is 7.21. The Balaban J connectivity index is 1.42. The van der Waals surface area contributed by atoms with Crippen molar-refractivity contribution < 1.29 is 27.5 Å². The van der Waals surface area contributed by atoms with Crippen LogP contribution in [0.25, 0.3) is 0 Å². The third-order valence-corrected chi connectivity index (χ3v) is 9.13. The highest BCUT2D eigenvalue weighted by Gasteiger charge is 2.35. The predicted octanol–water partition coefficient (Wildman–Crippen LogP) is 3.98. The highest BCUT2D eigenvalue weighted by molar-refractivity contribution is 7.89. The van der Waals surface area contributed by atoms with Crippen LogP contribution in [0.15, 0.2) is 77.7 Å². The Kier molecular flexibility index (Phi) is 8.37. The first-order valence-electron chi connectivity index (χ1n) is 13.5. The van der Waals surface area contributed by atoms with Crippen molar-refractivity contribution in [1.29, 1.82) is 0 Å². The molecule has 10 heteroatoms. The van der Waals surface area contributed by atoms with E-state index in [0.29, 0.717) is 31.1 Å². The van der Waals surface area contributed by atoms with Gasteiger partial charge in [0.1, 0.15) is 16.4 Å². The molecule has 0 radical (unpaired) electrons. The fourth-order valence-corrected chi connectivity index (χ4v) is 6.75. The lowest BCUT2D eigenvalue weighted by Gasteiger charge is -2.34. The maximum Gasteiger partial charge on any atom is 0.263 e. The van der Waals surface area contributed by atoms with Crippen LogP contribution in [-0.2, 0) is 21.4 Å². The van der Waals surface area contributed by atoms with Crippen LogP contribution in [0.3, 0.4) is 0 Å². The van der Waals surface area contributed by atoms with E-state index in [2.05, 4.69) is 5.32 Å². The van der Waals surface area contributed by atoms with Gasteiger partial charge in [-0.05, 0) is 48.7 Å². The van der Waals surface area contributed by atoms with Gasteiger partial charge in [-0.15, -0.1) is 0 Å². The first-order valence-corrected chi connectivity index (χ1v) is 14.9. The van der Waals surface area contributed by atoms with E-state index in [1.165, 1.54) is 28.4 Å². The Bertz CT molecular complexity index is 1470. The van der Waals surface area contributed by atoms with Crippen LogP contribution < -0.4 is 19.7 Å². The van der Waals surface area contributed by atoms with E-state index in [9.17, 15) is 18.0 Å². The second-order valence-corrected chi connectivity index (χ2v) is 11.8. The van der Waals surface area contributed by atoms with Gasteiger partial charge in [0.05, 0.1) is 19.3 Å². The van der Waals surface area contributed by atoms with Crippen molar-refractivity contribution in [3.8, 4) is 11.5 Å². The van der Waals surface area contributed by atoms with Gasteiger partial charge in [-0.25, -0.2) is 8.42 Å². The van der Waals surface area contributed by atoms with Crippen molar-refractivity contribution in [2.45, 2.75) is 43.2 Å². The summed E-state index contributed by atoms with van der Waals surface area (Å²) < 4.78 is 40.1. The number of amides is 2. The minimum atomic E-state index is -3.88. The molecule has 2 aliphatic rings. The molecule has 3 aromatic carbocycles. The van der Waals surface area contributed by atoms with E-state index in [-0.39, 0.29) is 28.7 Å². The summed E-state index contributed by atoms with van der Waals surface area (Å²) in [5.41, 5.74) is 1.62. The Morgan fingerprint density at radius 1 is 0.950 bits per heavy atom. The van der Waals surface area contributed by atoms with Crippen LogP contribution in [0.4, 0.5) is 5.69 Å². The number of carbonyl (C=O) groups is 2. The first kappa shape index (κ1) is 27.7. The molecule has 1 atom stereocenters. The number of fused-ring (bicyclic) bond motifs is 1. The van der Waals surface area contributed by atoms with Crippen molar-refractivity contribution >= 4 is 27.5 Å². The molecule has 9 nitrogen and oxygen atoms in total. The highest BCUT2D eigenvalue weighted by Crippen LogP contribution is 2.35. The third kappa shape index (κ3) is 5.83. The smallest absolute Gasteiger partial charge is 0.263 e. The summed E-state index contributed by atoms with van der Waals surface area (Å²) >= 11 is 0. The van der Waals surface area contributed by atoms with Gasteiger partial charge < -0.3 is 19.7 Å². The monoisotopic (exact) mass is 563 g/mol. The number of nitrogens with zero attached hydrogens (tertiary/aromatic N) is 2. The molecule has 1 fully saturated rings. The number of hydrogen-bond acceptors (Lipinski definition) is 6. The van der Waals surface area contributed by atoms with Gasteiger partial charge in [-0.1, -0.05) is 55.3 Å². The largest absolute Gasteiger partial charge is 0.495 e. The van der Waals surface area contributed by atoms with E-state index in [1.807, 2.05) is 30.3 Å². The molecule has 0 bridgehead atoms. The fraction of sp³-hybridized carbons (Fsp3) is 0.333. The Morgan fingerprint density at radius 3 is 2.38 bits per heavy atom. The molecule has 210 valence electrons. The molecule has 0 saturated carbocycles. The second kappa shape index (κ2) is 12.1. The molecule has 2 heterocycles. The van der Waals surface area contributed by atoms with Crippen LogP contribution in [0.1, 0.15) is 41.6 Å². The minimum absolute atomic E-state index is 0.0310. The number of methoxy groups -OCH3 is 1. The van der Waals surface area contributed by atoms with E-state index in [1.54, 1.807) is 30.3 Å². The molecule has 0 aliphatic carbocycles. The Morgan fingerprint density at radius 2 is 1.65 bits per heavy atom. The maximum atomic E-state index is 13.9. The van der Waals surface area contributed by atoms with Gasteiger partial charge in [0.2, 0.25) is 10.0 Å². The van der Waals surface area contributed by atoms with Gasteiger partial charge in [0.15, 0.2) is 6.10 Å². The van der Waals surface area contributed by atoms with Crippen molar-refractivity contribution in [3.63, 3.8) is 0 Å². The topological polar surface area (TPSA) is 105 Å². The number of benzene rings is 3. The Labute approximate surface area is 234 Å². The van der Waals surface area contributed by atoms with Crippen LogP contribution in [0.5, 0.6) is 11.5 Å². The molecule has 0 aromatic heterocycles. The number of rotatable bonds is 7. The summed E-state index contributed by atoms with van der Waals surface area (Å²) in [7, 11) is -2.47. The summed E-state index contributed by atoms with van der Waals surface area (Å²) in [5.74, 6) is -0.212. The number of ether oxygens (including phenoxy) is 2. The van der Waals surface area contributed by atoms with Gasteiger partial charge in [-0.3, -0.25) is 9.59 Å². The van der Waals surface area contributed by atoms with Crippen molar-refractivity contribution in [1.82, 2.24) is 9.62 Å². The summed E-state index contributed by atoms with van der Waals surface area (Å²) in [4.78, 5) is 28.4. The number of anilines is 1. The number of hydrogen-bond donors (Lipinski definition) is 1.